The van der Waals surface area contributed by atoms with E-state index >= 15 is 0 Å². The number of nitrogens with one attached hydrogen (secondary N) is 2. The van der Waals surface area contributed by atoms with Gasteiger partial charge in [-0.2, -0.15) is 5.26 Å². The van der Waals surface area contributed by atoms with E-state index in [9.17, 15) is 10.1 Å². The van der Waals surface area contributed by atoms with Gasteiger partial charge in [-0.15, -0.1) is 0 Å². The molecule has 0 radical (unpaired) electrons. The van der Waals surface area contributed by atoms with Crippen molar-refractivity contribution in [2.24, 2.45) is 5.41 Å². The second kappa shape index (κ2) is 7.92. The summed E-state index contributed by atoms with van der Waals surface area (Å²) >= 11 is 12.0. The number of hydrogen-bond acceptors (Lipinski definition) is 3. The van der Waals surface area contributed by atoms with Crippen molar-refractivity contribution in [2.45, 2.75) is 46.6 Å². The van der Waals surface area contributed by atoms with E-state index in [1.807, 2.05) is 19.9 Å². The molecule has 24 heavy (non-hydrogen) atoms. The molecule has 0 unspecified atom stereocenters. The molecule has 0 atom stereocenters. The lowest BCUT2D eigenvalue weighted by molar-refractivity contribution is -0.112. The van der Waals surface area contributed by atoms with Crippen LogP contribution in [0.2, 0.25) is 10.0 Å². The van der Waals surface area contributed by atoms with Crippen LogP contribution in [0.3, 0.4) is 0 Å². The Bertz CT molecular complexity index is 682. The van der Waals surface area contributed by atoms with Gasteiger partial charge in [0.15, 0.2) is 0 Å². The Balaban J connectivity index is 2.87. The zero-order chi connectivity index (χ0) is 18.5. The highest BCUT2D eigenvalue weighted by Crippen LogP contribution is 2.30. The lowest BCUT2D eigenvalue weighted by Gasteiger charge is -2.33. The number of amides is 1. The number of nitrogens with zero attached hydrogens (tertiary/aromatic N) is 1. The highest BCUT2D eigenvalue weighted by atomic mass is 35.5. The quantitative estimate of drug-likeness (QED) is 0.558. The van der Waals surface area contributed by atoms with E-state index in [1.54, 1.807) is 18.2 Å². The summed E-state index contributed by atoms with van der Waals surface area (Å²) in [7, 11) is 0. The van der Waals surface area contributed by atoms with E-state index in [-0.39, 0.29) is 21.5 Å². The number of carbonyl (C=O) groups is 1. The summed E-state index contributed by atoms with van der Waals surface area (Å²) < 4.78 is 0. The predicted octanol–water partition coefficient (Wildman–Crippen LogP) is 5.14. The van der Waals surface area contributed by atoms with E-state index in [4.69, 9.17) is 23.2 Å². The second-order valence-electron chi connectivity index (χ2n) is 7.49. The van der Waals surface area contributed by atoms with Crippen molar-refractivity contribution in [3.63, 3.8) is 0 Å². The van der Waals surface area contributed by atoms with Crippen LogP contribution in [-0.4, -0.2) is 11.4 Å². The zero-order valence-electron chi connectivity index (χ0n) is 14.6. The third-order valence-electron chi connectivity index (χ3n) is 3.14. The van der Waals surface area contributed by atoms with Crippen molar-refractivity contribution >= 4 is 34.8 Å². The fourth-order valence-corrected chi connectivity index (χ4v) is 2.93. The Morgan fingerprint density at radius 1 is 1.25 bits per heavy atom. The number of anilines is 1. The maximum absolute atomic E-state index is 12.3. The van der Waals surface area contributed by atoms with Crippen LogP contribution in [0.1, 0.15) is 41.0 Å². The van der Waals surface area contributed by atoms with Gasteiger partial charge in [-0.1, -0.05) is 50.0 Å². The molecular weight excluding hydrogens is 345 g/mol. The molecule has 0 bridgehead atoms. The molecule has 0 heterocycles. The molecule has 0 spiro atoms. The van der Waals surface area contributed by atoms with Crippen molar-refractivity contribution in [1.29, 1.82) is 5.26 Å². The Hall–Kier alpha value is -1.70. The fourth-order valence-electron chi connectivity index (χ4n) is 2.58. The Labute approximate surface area is 153 Å². The number of halogens is 2. The third kappa shape index (κ3) is 6.43. The van der Waals surface area contributed by atoms with E-state index < -0.39 is 5.91 Å². The Morgan fingerprint density at radius 3 is 2.42 bits per heavy atom. The molecule has 1 aromatic rings. The van der Waals surface area contributed by atoms with Crippen molar-refractivity contribution in [2.75, 3.05) is 5.32 Å². The zero-order valence-corrected chi connectivity index (χ0v) is 16.1. The first kappa shape index (κ1) is 20.3. The average Bonchev–Trinajstić information content (AvgIpc) is 2.41. The van der Waals surface area contributed by atoms with Crippen LogP contribution >= 0.6 is 23.2 Å². The van der Waals surface area contributed by atoms with E-state index in [0.29, 0.717) is 10.7 Å². The van der Waals surface area contributed by atoms with E-state index in [2.05, 4.69) is 31.4 Å². The number of hydrogen-bond donors (Lipinski definition) is 2. The summed E-state index contributed by atoms with van der Waals surface area (Å²) in [5, 5.41) is 15.6. The summed E-state index contributed by atoms with van der Waals surface area (Å²) in [5.41, 5.74) is 0.194. The predicted molar refractivity (Wildman–Crippen MR) is 100 cm³/mol. The van der Waals surface area contributed by atoms with Gasteiger partial charge in [-0.3, -0.25) is 4.79 Å². The normalized spacial score (nSPS) is 12.5. The molecular formula is C18H23Cl2N3O. The molecule has 0 fully saturated rings. The highest BCUT2D eigenvalue weighted by Gasteiger charge is 2.24. The summed E-state index contributed by atoms with van der Waals surface area (Å²) in [5.74, 6) is -0.541. The summed E-state index contributed by atoms with van der Waals surface area (Å²) in [6.07, 6.45) is 2.32. The topological polar surface area (TPSA) is 64.9 Å². The van der Waals surface area contributed by atoms with E-state index in [1.165, 1.54) is 6.20 Å². The minimum absolute atomic E-state index is 0.0342. The summed E-state index contributed by atoms with van der Waals surface area (Å²) in [6, 6.07) is 6.82. The van der Waals surface area contributed by atoms with Crippen molar-refractivity contribution < 1.29 is 4.79 Å². The molecule has 1 aromatic carbocycles. The van der Waals surface area contributed by atoms with Gasteiger partial charge in [0, 0.05) is 11.7 Å². The number of nitriles is 1. The number of rotatable bonds is 5. The second-order valence-corrected chi connectivity index (χ2v) is 8.28. The molecule has 130 valence electrons. The Morgan fingerprint density at radius 2 is 1.88 bits per heavy atom. The molecule has 0 aliphatic rings. The SMILES string of the molecule is CC(C)(C)CC(C)(C)N/C=C(/C#N)C(=O)Nc1cccc(Cl)c1Cl. The smallest absolute Gasteiger partial charge is 0.267 e. The van der Waals surface area contributed by atoms with Gasteiger partial charge in [0.2, 0.25) is 0 Å². The van der Waals surface area contributed by atoms with Crippen LogP contribution in [-0.2, 0) is 4.79 Å². The number of carbonyl (C=O) groups excluding carboxylic acids is 1. The van der Waals surface area contributed by atoms with Gasteiger partial charge in [0.25, 0.3) is 5.91 Å². The minimum Gasteiger partial charge on any atom is -0.385 e. The van der Waals surface area contributed by atoms with Gasteiger partial charge in [0.05, 0.1) is 15.7 Å². The standard InChI is InChI=1S/C18H23Cl2N3O/c1-17(2,3)11-18(4,5)22-10-12(9-21)16(24)23-14-8-6-7-13(19)15(14)20/h6-8,10,22H,11H2,1-5H3,(H,23,24)/b12-10-. The molecule has 1 rings (SSSR count). The molecule has 0 aliphatic heterocycles. The molecule has 2 N–H and O–H groups in total. The van der Waals surface area contributed by atoms with Gasteiger partial charge in [0.1, 0.15) is 11.6 Å². The van der Waals surface area contributed by atoms with Crippen LogP contribution in [0.25, 0.3) is 0 Å². The first-order chi connectivity index (χ1) is 10.9. The molecule has 0 aromatic heterocycles. The lowest BCUT2D eigenvalue weighted by atomic mass is 9.82. The highest BCUT2D eigenvalue weighted by molar-refractivity contribution is 6.44. The molecule has 4 nitrogen and oxygen atoms in total. The van der Waals surface area contributed by atoms with Gasteiger partial charge in [-0.05, 0) is 37.8 Å². The minimum atomic E-state index is -0.541. The third-order valence-corrected chi connectivity index (χ3v) is 3.96. The maximum Gasteiger partial charge on any atom is 0.267 e. The van der Waals surface area contributed by atoms with Crippen molar-refractivity contribution in [1.82, 2.24) is 5.32 Å². The van der Waals surface area contributed by atoms with Gasteiger partial charge < -0.3 is 10.6 Å². The van der Waals surface area contributed by atoms with Crippen molar-refractivity contribution in [3.8, 4) is 6.07 Å². The molecule has 6 heteroatoms. The average molecular weight is 368 g/mol. The van der Waals surface area contributed by atoms with Gasteiger partial charge >= 0.3 is 0 Å². The Kier molecular flexibility index (Phi) is 6.71. The van der Waals surface area contributed by atoms with Gasteiger partial charge in [-0.25, -0.2) is 0 Å². The van der Waals surface area contributed by atoms with Crippen molar-refractivity contribution in [3.05, 3.63) is 40.0 Å². The first-order valence-corrected chi connectivity index (χ1v) is 8.34. The monoisotopic (exact) mass is 367 g/mol. The lowest BCUT2D eigenvalue weighted by Crippen LogP contribution is -2.39. The van der Waals surface area contributed by atoms with Crippen LogP contribution in [0, 0.1) is 16.7 Å². The fraction of sp³-hybridized carbons (Fsp3) is 0.444. The van der Waals surface area contributed by atoms with Crippen LogP contribution in [0.4, 0.5) is 5.69 Å². The molecule has 0 saturated carbocycles. The summed E-state index contributed by atoms with van der Waals surface area (Å²) in [6.45, 7) is 10.5. The molecule has 1 amide bonds. The first-order valence-electron chi connectivity index (χ1n) is 7.58. The van der Waals surface area contributed by atoms with Crippen LogP contribution in [0.15, 0.2) is 30.0 Å². The maximum atomic E-state index is 12.3. The van der Waals surface area contributed by atoms with E-state index in [0.717, 1.165) is 6.42 Å². The van der Waals surface area contributed by atoms with Crippen LogP contribution < -0.4 is 10.6 Å². The van der Waals surface area contributed by atoms with Crippen LogP contribution in [0.5, 0.6) is 0 Å². The molecule has 0 aliphatic carbocycles. The molecule has 0 saturated heterocycles. The largest absolute Gasteiger partial charge is 0.385 e. The number of benzene rings is 1. The summed E-state index contributed by atoms with van der Waals surface area (Å²) in [4.78, 5) is 12.3.